The summed E-state index contributed by atoms with van der Waals surface area (Å²) in [5.74, 6) is 1.37. The molecule has 0 atom stereocenters. The van der Waals surface area contributed by atoms with Gasteiger partial charge in [0.25, 0.3) is 5.82 Å². The highest BCUT2D eigenvalue weighted by Crippen LogP contribution is 2.18. The third-order valence-electron chi connectivity index (χ3n) is 3.19. The highest BCUT2D eigenvalue weighted by Gasteiger charge is 2.27. The molecule has 0 bridgehead atoms. The highest BCUT2D eigenvalue weighted by atomic mass is 16.3. The van der Waals surface area contributed by atoms with Gasteiger partial charge in [0.1, 0.15) is 6.54 Å². The van der Waals surface area contributed by atoms with Crippen LogP contribution >= 0.6 is 0 Å². The van der Waals surface area contributed by atoms with Gasteiger partial charge in [-0.2, -0.15) is 0 Å². The molecule has 3 heteroatoms. The lowest BCUT2D eigenvalue weighted by molar-refractivity contribution is -0.665. The molecule has 3 rings (SSSR count). The van der Waals surface area contributed by atoms with Gasteiger partial charge >= 0.3 is 0 Å². The Labute approximate surface area is 88.6 Å². The van der Waals surface area contributed by atoms with Gasteiger partial charge in [-0.15, -0.1) is 0 Å². The normalized spacial score (nSPS) is 14.7. The number of para-hydroxylation sites is 2. The van der Waals surface area contributed by atoms with Crippen molar-refractivity contribution in [3.8, 4) is 0 Å². The molecule has 1 aliphatic rings. The number of aryl methyl sites for hydroxylation is 1. The quantitative estimate of drug-likeness (QED) is 0.721. The third kappa shape index (κ3) is 1.20. The summed E-state index contributed by atoms with van der Waals surface area (Å²) in [5.41, 5.74) is 2.56. The van der Waals surface area contributed by atoms with Crippen molar-refractivity contribution < 1.29 is 9.67 Å². The zero-order valence-electron chi connectivity index (χ0n) is 8.69. The summed E-state index contributed by atoms with van der Waals surface area (Å²) < 4.78 is 4.63. The molecular weight excluding hydrogens is 188 g/mol. The SMILES string of the molecule is OCCn1c2[n+](c3ccccc31)CCC2. The van der Waals surface area contributed by atoms with Crippen molar-refractivity contribution >= 4 is 11.0 Å². The summed E-state index contributed by atoms with van der Waals surface area (Å²) >= 11 is 0. The number of hydrogen-bond donors (Lipinski definition) is 1. The summed E-state index contributed by atoms with van der Waals surface area (Å²) in [5, 5.41) is 9.10. The van der Waals surface area contributed by atoms with E-state index in [1.807, 2.05) is 0 Å². The Kier molecular flexibility index (Phi) is 1.99. The molecule has 15 heavy (non-hydrogen) atoms. The van der Waals surface area contributed by atoms with E-state index in [1.54, 1.807) is 0 Å². The number of rotatable bonds is 2. The van der Waals surface area contributed by atoms with E-state index in [2.05, 4.69) is 33.4 Å². The van der Waals surface area contributed by atoms with Crippen LogP contribution in [0.15, 0.2) is 24.3 Å². The summed E-state index contributed by atoms with van der Waals surface area (Å²) in [6, 6.07) is 8.44. The first kappa shape index (κ1) is 8.92. The fraction of sp³-hybridized carbons (Fsp3) is 0.417. The molecule has 78 valence electrons. The molecule has 0 saturated heterocycles. The second-order valence-electron chi connectivity index (χ2n) is 4.04. The van der Waals surface area contributed by atoms with E-state index in [0.29, 0.717) is 6.54 Å². The van der Waals surface area contributed by atoms with E-state index in [4.69, 9.17) is 5.11 Å². The Balaban J connectivity index is 2.31. The Bertz CT molecular complexity index is 502. The van der Waals surface area contributed by atoms with Crippen LogP contribution in [-0.2, 0) is 19.5 Å². The lowest BCUT2D eigenvalue weighted by Crippen LogP contribution is -2.32. The molecule has 1 aromatic carbocycles. The van der Waals surface area contributed by atoms with E-state index in [1.165, 1.54) is 23.3 Å². The number of hydrogen-bond acceptors (Lipinski definition) is 1. The number of fused-ring (bicyclic) bond motifs is 3. The van der Waals surface area contributed by atoms with Gasteiger partial charge in [0.05, 0.1) is 19.6 Å². The fourth-order valence-electron chi connectivity index (χ4n) is 2.61. The van der Waals surface area contributed by atoms with E-state index >= 15 is 0 Å². The molecule has 0 saturated carbocycles. The number of aliphatic hydroxyl groups is 1. The lowest BCUT2D eigenvalue weighted by Gasteiger charge is -1.96. The number of nitrogens with zero attached hydrogens (tertiary/aromatic N) is 2. The minimum atomic E-state index is 0.214. The number of imidazole rings is 1. The standard InChI is InChI=1S/C12H15N2O/c15-9-8-14-11-5-2-1-4-10(11)13-7-3-6-12(13)14/h1-2,4-5,15H,3,6-9H2/q+1. The molecule has 2 heterocycles. The van der Waals surface area contributed by atoms with Crippen molar-refractivity contribution in [3.05, 3.63) is 30.1 Å². The molecule has 1 aliphatic heterocycles. The number of aromatic nitrogens is 2. The second kappa shape index (κ2) is 3.35. The van der Waals surface area contributed by atoms with Crippen molar-refractivity contribution in [1.82, 2.24) is 4.57 Å². The monoisotopic (exact) mass is 203 g/mol. The van der Waals surface area contributed by atoms with Crippen LogP contribution in [0.5, 0.6) is 0 Å². The van der Waals surface area contributed by atoms with Gasteiger partial charge in [0.2, 0.25) is 0 Å². The van der Waals surface area contributed by atoms with Crippen LogP contribution in [0.2, 0.25) is 0 Å². The Morgan fingerprint density at radius 2 is 2.20 bits per heavy atom. The third-order valence-corrected chi connectivity index (χ3v) is 3.19. The lowest BCUT2D eigenvalue weighted by atomic mass is 10.3. The molecule has 2 aromatic rings. The smallest absolute Gasteiger partial charge is 0.257 e. The predicted octanol–water partition coefficient (Wildman–Crippen LogP) is 0.867. The van der Waals surface area contributed by atoms with Gasteiger partial charge in [-0.25, -0.2) is 9.13 Å². The first-order valence-corrected chi connectivity index (χ1v) is 5.52. The summed E-state index contributed by atoms with van der Waals surface area (Å²) in [6.07, 6.45) is 2.36. The predicted molar refractivity (Wildman–Crippen MR) is 57.5 cm³/mol. The first-order valence-electron chi connectivity index (χ1n) is 5.52. The molecule has 0 aliphatic carbocycles. The summed E-state index contributed by atoms with van der Waals surface area (Å²) in [7, 11) is 0. The molecule has 0 radical (unpaired) electrons. The van der Waals surface area contributed by atoms with Crippen LogP contribution in [0, 0.1) is 0 Å². The van der Waals surface area contributed by atoms with Crippen molar-refractivity contribution in [3.63, 3.8) is 0 Å². The van der Waals surface area contributed by atoms with Crippen LogP contribution in [0.4, 0.5) is 0 Å². The maximum Gasteiger partial charge on any atom is 0.257 e. The largest absolute Gasteiger partial charge is 0.392 e. The topological polar surface area (TPSA) is 29.0 Å². The van der Waals surface area contributed by atoms with Crippen LogP contribution < -0.4 is 4.57 Å². The van der Waals surface area contributed by atoms with E-state index < -0.39 is 0 Å². The highest BCUT2D eigenvalue weighted by molar-refractivity contribution is 5.72. The summed E-state index contributed by atoms with van der Waals surface area (Å²) in [4.78, 5) is 0. The zero-order chi connectivity index (χ0) is 10.3. The van der Waals surface area contributed by atoms with Crippen molar-refractivity contribution in [2.75, 3.05) is 6.61 Å². The molecule has 0 amide bonds. The Morgan fingerprint density at radius 1 is 1.33 bits per heavy atom. The van der Waals surface area contributed by atoms with Crippen LogP contribution in [0.25, 0.3) is 11.0 Å². The van der Waals surface area contributed by atoms with Gasteiger partial charge in [-0.05, 0) is 18.6 Å². The van der Waals surface area contributed by atoms with Gasteiger partial charge in [-0.3, -0.25) is 0 Å². The van der Waals surface area contributed by atoms with Crippen LogP contribution in [0.1, 0.15) is 12.2 Å². The van der Waals surface area contributed by atoms with Crippen molar-refractivity contribution in [2.45, 2.75) is 25.9 Å². The molecule has 1 aromatic heterocycles. The molecular formula is C12H15N2O+. The van der Waals surface area contributed by atoms with Crippen LogP contribution in [-0.4, -0.2) is 16.3 Å². The zero-order valence-corrected chi connectivity index (χ0v) is 8.69. The average Bonchev–Trinajstić information content (AvgIpc) is 2.82. The minimum Gasteiger partial charge on any atom is -0.392 e. The average molecular weight is 203 g/mol. The maximum absolute atomic E-state index is 9.10. The molecule has 3 nitrogen and oxygen atoms in total. The maximum atomic E-state index is 9.10. The van der Waals surface area contributed by atoms with Gasteiger partial charge in [0, 0.05) is 0 Å². The van der Waals surface area contributed by atoms with Gasteiger partial charge in [0.15, 0.2) is 11.0 Å². The van der Waals surface area contributed by atoms with Crippen molar-refractivity contribution in [2.24, 2.45) is 0 Å². The first-order chi connectivity index (χ1) is 7.42. The van der Waals surface area contributed by atoms with Gasteiger partial charge in [-0.1, -0.05) is 12.1 Å². The number of benzene rings is 1. The molecule has 1 N–H and O–H groups in total. The Hall–Kier alpha value is -1.35. The Morgan fingerprint density at radius 3 is 3.07 bits per heavy atom. The van der Waals surface area contributed by atoms with Crippen molar-refractivity contribution in [1.29, 1.82) is 0 Å². The summed E-state index contributed by atoms with van der Waals surface area (Å²) in [6.45, 7) is 2.04. The van der Waals surface area contributed by atoms with Gasteiger partial charge < -0.3 is 5.11 Å². The molecule has 0 fully saturated rings. The fourth-order valence-corrected chi connectivity index (χ4v) is 2.61. The van der Waals surface area contributed by atoms with Crippen LogP contribution in [0.3, 0.4) is 0 Å². The second-order valence-corrected chi connectivity index (χ2v) is 4.04. The van der Waals surface area contributed by atoms with E-state index in [9.17, 15) is 0 Å². The minimum absolute atomic E-state index is 0.214. The molecule has 0 unspecified atom stereocenters. The molecule has 0 spiro atoms. The van der Waals surface area contributed by atoms with E-state index in [0.717, 1.165) is 13.0 Å². The number of aliphatic hydroxyl groups excluding tert-OH is 1. The van der Waals surface area contributed by atoms with E-state index in [-0.39, 0.29) is 6.61 Å².